The molecule has 0 aliphatic heterocycles. The first-order valence-corrected chi connectivity index (χ1v) is 5.78. The highest BCUT2D eigenvalue weighted by atomic mass is 16.6. The van der Waals surface area contributed by atoms with Crippen LogP contribution in [0.15, 0.2) is 42.6 Å². The lowest BCUT2D eigenvalue weighted by molar-refractivity contribution is -0.386. The van der Waals surface area contributed by atoms with Gasteiger partial charge >= 0.3 is 5.69 Å². The molecule has 2 N–H and O–H groups in total. The molecule has 2 rings (SSSR count). The highest BCUT2D eigenvalue weighted by Crippen LogP contribution is 2.23. The normalized spacial score (nSPS) is 10.6. The van der Waals surface area contributed by atoms with Gasteiger partial charge < -0.3 is 10.5 Å². The van der Waals surface area contributed by atoms with Crippen molar-refractivity contribution in [2.75, 3.05) is 12.3 Å². The fourth-order valence-corrected chi connectivity index (χ4v) is 1.48. The molecule has 7 heteroatoms. The molecule has 7 nitrogen and oxygen atoms in total. The monoisotopic (exact) mass is 272 g/mol. The Morgan fingerprint density at radius 2 is 2.10 bits per heavy atom. The van der Waals surface area contributed by atoms with Gasteiger partial charge in [0.25, 0.3) is 5.88 Å². The average molecular weight is 272 g/mol. The fraction of sp³-hybridized carbons (Fsp3) is 0.0769. The lowest BCUT2D eigenvalue weighted by Crippen LogP contribution is -2.04. The SMILES string of the molecule is Nc1ncc([N+](=O)[O-])c(OC/C=C/c2ccccc2)n1. The van der Waals surface area contributed by atoms with E-state index in [1.807, 2.05) is 36.4 Å². The molecule has 0 saturated carbocycles. The van der Waals surface area contributed by atoms with Crippen molar-refractivity contribution in [3.63, 3.8) is 0 Å². The van der Waals surface area contributed by atoms with Crippen LogP contribution in [0.25, 0.3) is 6.08 Å². The number of nitro groups is 1. The molecular weight excluding hydrogens is 260 g/mol. The molecule has 1 aromatic carbocycles. The maximum atomic E-state index is 10.8. The van der Waals surface area contributed by atoms with Gasteiger partial charge in [0.2, 0.25) is 5.95 Å². The Labute approximate surface area is 114 Å². The van der Waals surface area contributed by atoms with Crippen LogP contribution in [-0.4, -0.2) is 21.5 Å². The summed E-state index contributed by atoms with van der Waals surface area (Å²) in [5.74, 6) is -0.210. The number of aromatic nitrogens is 2. The topological polar surface area (TPSA) is 104 Å². The molecule has 1 heterocycles. The number of hydrogen-bond donors (Lipinski definition) is 1. The number of nitrogen functional groups attached to an aromatic ring is 1. The maximum Gasteiger partial charge on any atom is 0.349 e. The van der Waals surface area contributed by atoms with Crippen molar-refractivity contribution < 1.29 is 9.66 Å². The van der Waals surface area contributed by atoms with E-state index < -0.39 is 4.92 Å². The fourth-order valence-electron chi connectivity index (χ4n) is 1.48. The summed E-state index contributed by atoms with van der Waals surface area (Å²) < 4.78 is 5.24. The van der Waals surface area contributed by atoms with Crippen molar-refractivity contribution in [1.82, 2.24) is 9.97 Å². The molecule has 0 aliphatic rings. The van der Waals surface area contributed by atoms with Gasteiger partial charge in [0, 0.05) is 0 Å². The van der Waals surface area contributed by atoms with Crippen LogP contribution in [0.4, 0.5) is 11.6 Å². The van der Waals surface area contributed by atoms with Crippen LogP contribution in [0, 0.1) is 10.1 Å². The third-order valence-corrected chi connectivity index (χ3v) is 2.38. The molecule has 0 atom stereocenters. The summed E-state index contributed by atoms with van der Waals surface area (Å²) in [6.07, 6.45) is 4.60. The third kappa shape index (κ3) is 3.52. The largest absolute Gasteiger partial charge is 0.468 e. The first-order valence-electron chi connectivity index (χ1n) is 5.78. The zero-order valence-electron chi connectivity index (χ0n) is 10.5. The second-order valence-corrected chi connectivity index (χ2v) is 3.80. The summed E-state index contributed by atoms with van der Waals surface area (Å²) in [7, 11) is 0. The lowest BCUT2D eigenvalue weighted by Gasteiger charge is -2.03. The van der Waals surface area contributed by atoms with Crippen molar-refractivity contribution in [2.45, 2.75) is 0 Å². The molecule has 20 heavy (non-hydrogen) atoms. The van der Waals surface area contributed by atoms with Crippen molar-refractivity contribution in [1.29, 1.82) is 0 Å². The van der Waals surface area contributed by atoms with E-state index in [1.54, 1.807) is 6.08 Å². The van der Waals surface area contributed by atoms with Gasteiger partial charge in [-0.3, -0.25) is 10.1 Å². The van der Waals surface area contributed by atoms with Crippen molar-refractivity contribution in [3.8, 4) is 5.88 Å². The number of benzene rings is 1. The minimum Gasteiger partial charge on any atom is -0.468 e. The van der Waals surface area contributed by atoms with Gasteiger partial charge in [-0.25, -0.2) is 4.98 Å². The minimum atomic E-state index is -0.615. The van der Waals surface area contributed by atoms with E-state index in [0.29, 0.717) is 0 Å². The van der Waals surface area contributed by atoms with E-state index in [9.17, 15) is 10.1 Å². The Balaban J connectivity index is 2.02. The standard InChI is InChI=1S/C13H12N4O3/c14-13-15-9-11(17(18)19)12(16-13)20-8-4-7-10-5-2-1-3-6-10/h1-7,9H,8H2,(H2,14,15,16)/b7-4+. The highest BCUT2D eigenvalue weighted by Gasteiger charge is 2.17. The minimum absolute atomic E-state index is 0.0716. The number of ether oxygens (including phenoxy) is 1. The van der Waals surface area contributed by atoms with Crippen LogP contribution in [0.1, 0.15) is 5.56 Å². The Bertz CT molecular complexity index is 629. The molecule has 0 unspecified atom stereocenters. The summed E-state index contributed by atoms with van der Waals surface area (Å²) in [5, 5.41) is 10.8. The Kier molecular flexibility index (Phi) is 4.23. The molecule has 0 amide bonds. The van der Waals surface area contributed by atoms with Crippen LogP contribution in [0.2, 0.25) is 0 Å². The van der Waals surface area contributed by atoms with Gasteiger partial charge in [0.15, 0.2) is 0 Å². The summed E-state index contributed by atoms with van der Waals surface area (Å²) in [5.41, 5.74) is 6.07. The van der Waals surface area contributed by atoms with Gasteiger partial charge in [-0.15, -0.1) is 0 Å². The highest BCUT2D eigenvalue weighted by molar-refractivity contribution is 5.49. The molecule has 0 aliphatic carbocycles. The summed E-state index contributed by atoms with van der Waals surface area (Å²) >= 11 is 0. The summed E-state index contributed by atoms with van der Waals surface area (Å²) in [6, 6.07) is 9.61. The van der Waals surface area contributed by atoms with Gasteiger partial charge in [0.1, 0.15) is 12.8 Å². The predicted octanol–water partition coefficient (Wildman–Crippen LogP) is 2.06. The molecule has 1 aromatic heterocycles. The molecule has 0 spiro atoms. The van der Waals surface area contributed by atoms with Gasteiger partial charge in [0.05, 0.1) is 4.92 Å². The first kappa shape index (κ1) is 13.5. The van der Waals surface area contributed by atoms with Crippen LogP contribution in [-0.2, 0) is 0 Å². The van der Waals surface area contributed by atoms with Crippen molar-refractivity contribution in [3.05, 3.63) is 58.3 Å². The van der Waals surface area contributed by atoms with E-state index in [0.717, 1.165) is 11.8 Å². The molecule has 0 radical (unpaired) electrons. The smallest absolute Gasteiger partial charge is 0.349 e. The van der Waals surface area contributed by atoms with Crippen LogP contribution in [0.3, 0.4) is 0 Å². The van der Waals surface area contributed by atoms with Gasteiger partial charge in [-0.05, 0) is 11.6 Å². The zero-order chi connectivity index (χ0) is 14.4. The maximum absolute atomic E-state index is 10.8. The van der Waals surface area contributed by atoms with E-state index in [2.05, 4.69) is 9.97 Å². The number of rotatable bonds is 5. The summed E-state index contributed by atoms with van der Waals surface area (Å²) in [4.78, 5) is 17.4. The van der Waals surface area contributed by atoms with Crippen molar-refractivity contribution >= 4 is 17.7 Å². The van der Waals surface area contributed by atoms with E-state index in [-0.39, 0.29) is 24.1 Å². The predicted molar refractivity (Wildman–Crippen MR) is 74.1 cm³/mol. The van der Waals surface area contributed by atoms with E-state index >= 15 is 0 Å². The number of hydrogen-bond acceptors (Lipinski definition) is 6. The lowest BCUT2D eigenvalue weighted by atomic mass is 10.2. The number of anilines is 1. The molecule has 2 aromatic rings. The summed E-state index contributed by atoms with van der Waals surface area (Å²) in [6.45, 7) is 0.145. The Hall–Kier alpha value is -2.96. The van der Waals surface area contributed by atoms with Gasteiger partial charge in [-0.2, -0.15) is 4.98 Å². The average Bonchev–Trinajstić information content (AvgIpc) is 2.44. The number of nitrogens with zero attached hydrogens (tertiary/aromatic N) is 3. The van der Waals surface area contributed by atoms with E-state index in [1.165, 1.54) is 0 Å². The second-order valence-electron chi connectivity index (χ2n) is 3.80. The molecule has 0 saturated heterocycles. The van der Waals surface area contributed by atoms with Crippen LogP contribution >= 0.6 is 0 Å². The second kappa shape index (κ2) is 6.28. The van der Waals surface area contributed by atoms with Crippen LogP contribution < -0.4 is 10.5 Å². The Morgan fingerprint density at radius 3 is 2.80 bits per heavy atom. The molecular formula is C13H12N4O3. The van der Waals surface area contributed by atoms with Gasteiger partial charge in [-0.1, -0.05) is 36.4 Å². The first-order chi connectivity index (χ1) is 9.66. The Morgan fingerprint density at radius 1 is 1.35 bits per heavy atom. The molecule has 0 fully saturated rings. The molecule has 102 valence electrons. The quantitative estimate of drug-likeness (QED) is 0.659. The third-order valence-electron chi connectivity index (χ3n) is 2.38. The van der Waals surface area contributed by atoms with Crippen LogP contribution in [0.5, 0.6) is 5.88 Å². The number of nitrogens with two attached hydrogens (primary N) is 1. The van der Waals surface area contributed by atoms with E-state index in [4.69, 9.17) is 10.5 Å². The van der Waals surface area contributed by atoms with Crippen molar-refractivity contribution in [2.24, 2.45) is 0 Å². The molecule has 0 bridgehead atoms. The zero-order valence-corrected chi connectivity index (χ0v) is 10.5.